The van der Waals surface area contributed by atoms with Gasteiger partial charge in [0.15, 0.2) is 0 Å². The summed E-state index contributed by atoms with van der Waals surface area (Å²) in [5.74, 6) is 0.533. The Balaban J connectivity index is 1.21. The van der Waals surface area contributed by atoms with Crippen molar-refractivity contribution < 1.29 is 24.8 Å². The molecule has 0 aliphatic carbocycles. The summed E-state index contributed by atoms with van der Waals surface area (Å²) in [6.45, 7) is 12.0. The van der Waals surface area contributed by atoms with Crippen LogP contribution in [0, 0.1) is 12.3 Å². The maximum Gasteiger partial charge on any atom is 0.238 e. The normalized spacial score (nSPS) is 26.8. The number of aryl methyl sites for hydroxylation is 1. The van der Waals surface area contributed by atoms with Gasteiger partial charge in [-0.1, -0.05) is 44.2 Å². The molecule has 3 saturated heterocycles. The molecule has 9 nitrogen and oxygen atoms in total. The van der Waals surface area contributed by atoms with Gasteiger partial charge in [-0.2, -0.15) is 0 Å². The summed E-state index contributed by atoms with van der Waals surface area (Å²) in [4.78, 5) is 2.67. The molecule has 1 spiro atoms. The Morgan fingerprint density at radius 2 is 2.02 bits per heavy atom. The molecule has 0 bridgehead atoms. The van der Waals surface area contributed by atoms with Crippen molar-refractivity contribution in [3.8, 4) is 5.88 Å². The zero-order chi connectivity index (χ0) is 29.7. The minimum absolute atomic E-state index is 0.152. The predicted molar refractivity (Wildman–Crippen MR) is 164 cm³/mol. The van der Waals surface area contributed by atoms with Crippen LogP contribution in [-0.2, 0) is 11.2 Å². The molecule has 3 aliphatic heterocycles. The van der Waals surface area contributed by atoms with Crippen LogP contribution in [0.5, 0.6) is 5.88 Å². The summed E-state index contributed by atoms with van der Waals surface area (Å²) in [5, 5.41) is 41.3. The lowest BCUT2D eigenvalue weighted by Gasteiger charge is -2.45. The molecule has 4 atom stereocenters. The van der Waals surface area contributed by atoms with Crippen molar-refractivity contribution in [3.05, 3.63) is 52.2 Å². The van der Waals surface area contributed by atoms with Crippen molar-refractivity contribution >= 4 is 6.08 Å². The third-order valence-corrected chi connectivity index (χ3v) is 9.43. The maximum absolute atomic E-state index is 10.5. The van der Waals surface area contributed by atoms with E-state index in [4.69, 9.17) is 9.47 Å². The molecular formula is C33H50N4O5. The van der Waals surface area contributed by atoms with Gasteiger partial charge in [0.25, 0.3) is 0 Å². The van der Waals surface area contributed by atoms with E-state index in [1.54, 1.807) is 0 Å². The summed E-state index contributed by atoms with van der Waals surface area (Å²) in [5.41, 5.74) is 5.96. The van der Waals surface area contributed by atoms with Crippen molar-refractivity contribution in [3.63, 3.8) is 0 Å². The first-order chi connectivity index (χ1) is 20.3. The molecular weight excluding hydrogens is 532 g/mol. The zero-order valence-electron chi connectivity index (χ0n) is 25.5. The standard InChI is InChI=1S/C33H50N4O5/c1-22(2)29-27(31(36-35-29)42-32-30(40)28(39)19-26(20-38)41-32)18-25-9-8-24(17-23(25)3)7-4-5-15-37-16-6-10-33(21-37)11-13-34-14-12-33/h4,7-9,17,22,26,28,30,32,34,38-40H,5-6,10-16,18-21H2,1-3H3,(H,35,36)/b7-4+/t26-,28-,30+,32-/m0/s1. The number of ether oxygens (including phenoxy) is 2. The molecule has 0 radical (unpaired) electrons. The van der Waals surface area contributed by atoms with Crippen LogP contribution in [0.3, 0.4) is 0 Å². The third-order valence-electron chi connectivity index (χ3n) is 9.43. The molecule has 0 amide bonds. The van der Waals surface area contributed by atoms with Crippen molar-refractivity contribution in [1.82, 2.24) is 20.4 Å². The fourth-order valence-corrected chi connectivity index (χ4v) is 6.90. The average Bonchev–Trinajstić information content (AvgIpc) is 3.37. The van der Waals surface area contributed by atoms with E-state index in [1.165, 1.54) is 68.6 Å². The van der Waals surface area contributed by atoms with E-state index in [0.717, 1.165) is 24.2 Å². The van der Waals surface area contributed by atoms with E-state index in [1.807, 2.05) is 0 Å². The minimum Gasteiger partial charge on any atom is -0.443 e. The average molecular weight is 583 g/mol. The summed E-state index contributed by atoms with van der Waals surface area (Å²) < 4.78 is 11.7. The Labute approximate surface area is 250 Å². The van der Waals surface area contributed by atoms with Gasteiger partial charge in [-0.05, 0) is 86.7 Å². The number of aliphatic hydroxyl groups is 3. The van der Waals surface area contributed by atoms with Crippen LogP contribution in [0.25, 0.3) is 6.08 Å². The first kappa shape index (κ1) is 31.2. The Morgan fingerprint density at radius 3 is 2.76 bits per heavy atom. The molecule has 232 valence electrons. The molecule has 42 heavy (non-hydrogen) atoms. The second-order valence-electron chi connectivity index (χ2n) is 13.0. The van der Waals surface area contributed by atoms with E-state index >= 15 is 0 Å². The minimum atomic E-state index is -1.23. The summed E-state index contributed by atoms with van der Waals surface area (Å²) in [6.07, 6.45) is 7.73. The van der Waals surface area contributed by atoms with Crippen LogP contribution < -0.4 is 10.1 Å². The molecule has 2 aromatic rings. The van der Waals surface area contributed by atoms with Crippen LogP contribution in [0.4, 0.5) is 0 Å². The number of aromatic nitrogens is 2. The number of rotatable bonds is 10. The van der Waals surface area contributed by atoms with Crippen LogP contribution in [0.1, 0.15) is 86.2 Å². The third kappa shape index (κ3) is 7.44. The van der Waals surface area contributed by atoms with Crippen LogP contribution in [0.2, 0.25) is 0 Å². The molecule has 1 aromatic carbocycles. The van der Waals surface area contributed by atoms with Gasteiger partial charge in [0.05, 0.1) is 18.8 Å². The van der Waals surface area contributed by atoms with E-state index in [0.29, 0.717) is 17.7 Å². The highest BCUT2D eigenvalue weighted by Gasteiger charge is 2.39. The highest BCUT2D eigenvalue weighted by Crippen LogP contribution is 2.38. The fraction of sp³-hybridized carbons (Fsp3) is 0.667. The highest BCUT2D eigenvalue weighted by atomic mass is 16.7. The number of H-pyrrole nitrogens is 1. The lowest BCUT2D eigenvalue weighted by Crippen LogP contribution is -2.51. The summed E-state index contributed by atoms with van der Waals surface area (Å²) in [7, 11) is 0. The number of aromatic amines is 1. The predicted octanol–water partition coefficient (Wildman–Crippen LogP) is 3.51. The molecule has 4 heterocycles. The molecule has 9 heteroatoms. The van der Waals surface area contributed by atoms with Crippen molar-refractivity contribution in [1.29, 1.82) is 0 Å². The molecule has 5 N–H and O–H groups in total. The first-order valence-corrected chi connectivity index (χ1v) is 15.8. The Hall–Kier alpha value is -2.27. The number of piperidine rings is 2. The summed E-state index contributed by atoms with van der Waals surface area (Å²) in [6, 6.07) is 6.55. The van der Waals surface area contributed by atoms with Crippen LogP contribution in [0.15, 0.2) is 24.3 Å². The quantitative estimate of drug-likeness (QED) is 0.289. The maximum atomic E-state index is 10.5. The summed E-state index contributed by atoms with van der Waals surface area (Å²) >= 11 is 0. The second kappa shape index (κ2) is 14.0. The zero-order valence-corrected chi connectivity index (χ0v) is 25.5. The van der Waals surface area contributed by atoms with Gasteiger partial charge in [0.1, 0.15) is 6.10 Å². The second-order valence-corrected chi connectivity index (χ2v) is 13.0. The fourth-order valence-electron chi connectivity index (χ4n) is 6.90. The van der Waals surface area contributed by atoms with Gasteiger partial charge in [-0.25, -0.2) is 0 Å². The van der Waals surface area contributed by atoms with Crippen LogP contribution in [-0.4, -0.2) is 94.3 Å². The Bertz CT molecular complexity index is 1190. The SMILES string of the molecule is Cc1cc(/C=C/CCN2CCCC3(CCNCC3)C2)ccc1Cc1c(O[C@@H]2O[C@H](CO)C[C@H](O)[C@H]2O)n[nH]c1C(C)C. The molecule has 5 rings (SSSR count). The van der Waals surface area contributed by atoms with E-state index in [-0.39, 0.29) is 18.9 Å². The van der Waals surface area contributed by atoms with Crippen LogP contribution >= 0.6 is 0 Å². The molecule has 3 fully saturated rings. The molecule has 3 aliphatic rings. The Morgan fingerprint density at radius 1 is 1.21 bits per heavy atom. The smallest absolute Gasteiger partial charge is 0.238 e. The lowest BCUT2D eigenvalue weighted by atomic mass is 9.73. The monoisotopic (exact) mass is 582 g/mol. The van der Waals surface area contributed by atoms with Gasteiger partial charge < -0.3 is 35.0 Å². The van der Waals surface area contributed by atoms with Crippen molar-refractivity contribution in [2.75, 3.05) is 39.3 Å². The van der Waals surface area contributed by atoms with Gasteiger partial charge >= 0.3 is 0 Å². The van der Waals surface area contributed by atoms with Gasteiger partial charge in [0.2, 0.25) is 12.2 Å². The van der Waals surface area contributed by atoms with Gasteiger partial charge in [0, 0.05) is 37.2 Å². The number of benzene rings is 1. The largest absolute Gasteiger partial charge is 0.443 e. The van der Waals surface area contributed by atoms with Crippen molar-refractivity contribution in [2.45, 2.75) is 96.2 Å². The number of nitrogens with one attached hydrogen (secondary N) is 2. The Kier molecular flexibility index (Phi) is 10.4. The van der Waals surface area contributed by atoms with E-state index in [9.17, 15) is 15.3 Å². The number of hydrogen-bond acceptors (Lipinski definition) is 8. The number of likely N-dealkylation sites (tertiary alicyclic amines) is 1. The molecule has 0 saturated carbocycles. The van der Waals surface area contributed by atoms with Gasteiger partial charge in [-0.3, -0.25) is 5.10 Å². The topological polar surface area (TPSA) is 123 Å². The molecule has 0 unspecified atom stereocenters. The number of aliphatic hydroxyl groups excluding tert-OH is 3. The van der Waals surface area contributed by atoms with Crippen molar-refractivity contribution in [2.24, 2.45) is 5.41 Å². The van der Waals surface area contributed by atoms with Gasteiger partial charge in [-0.15, -0.1) is 5.10 Å². The number of hydrogen-bond donors (Lipinski definition) is 5. The lowest BCUT2D eigenvalue weighted by molar-refractivity contribution is -0.241. The highest BCUT2D eigenvalue weighted by molar-refractivity contribution is 5.52. The number of nitrogens with zero attached hydrogens (tertiary/aromatic N) is 2. The van der Waals surface area contributed by atoms with E-state index in [2.05, 4.69) is 71.5 Å². The first-order valence-electron chi connectivity index (χ1n) is 15.8. The molecule has 1 aromatic heterocycles. The van der Waals surface area contributed by atoms with E-state index < -0.39 is 24.6 Å².